The van der Waals surface area contributed by atoms with Crippen LogP contribution >= 0.6 is 11.6 Å². The van der Waals surface area contributed by atoms with Crippen LogP contribution in [0, 0.1) is 17.1 Å². The van der Waals surface area contributed by atoms with E-state index in [1.165, 1.54) is 12.1 Å². The molecular formula is C29H31ClFN3O3. The average Bonchev–Trinajstić information content (AvgIpc) is 2.88. The van der Waals surface area contributed by atoms with E-state index in [0.717, 1.165) is 16.8 Å². The number of nitrogens with zero attached hydrogens (tertiary/aromatic N) is 3. The summed E-state index contributed by atoms with van der Waals surface area (Å²) >= 11 is 6.68. The van der Waals surface area contributed by atoms with Gasteiger partial charge in [0, 0.05) is 32.2 Å². The van der Waals surface area contributed by atoms with Crippen molar-refractivity contribution >= 4 is 17.3 Å². The zero-order valence-corrected chi connectivity index (χ0v) is 21.7. The lowest BCUT2D eigenvalue weighted by atomic mass is 9.93. The molecule has 0 saturated carbocycles. The van der Waals surface area contributed by atoms with Gasteiger partial charge in [-0.05, 0) is 61.4 Å². The minimum atomic E-state index is -1.12. The second-order valence-electron chi connectivity index (χ2n) is 9.73. The molecule has 1 aliphatic heterocycles. The van der Waals surface area contributed by atoms with Crippen LogP contribution in [0.3, 0.4) is 0 Å². The summed E-state index contributed by atoms with van der Waals surface area (Å²) in [7, 11) is 0. The number of aliphatic hydroxyl groups excluding tert-OH is 1. The molecule has 0 spiro atoms. The summed E-state index contributed by atoms with van der Waals surface area (Å²) < 4.78 is 19.3. The summed E-state index contributed by atoms with van der Waals surface area (Å²) in [5.74, 6) is 0.273. The first-order valence-corrected chi connectivity index (χ1v) is 12.6. The Bertz CT molecular complexity index is 1240. The van der Waals surface area contributed by atoms with Gasteiger partial charge in [-0.1, -0.05) is 35.9 Å². The molecule has 0 amide bonds. The number of anilines is 1. The maximum absolute atomic E-state index is 13.7. The summed E-state index contributed by atoms with van der Waals surface area (Å²) in [5, 5.41) is 30.4. The topological polar surface area (TPSA) is 80.0 Å². The van der Waals surface area contributed by atoms with Gasteiger partial charge in [0.2, 0.25) is 0 Å². The van der Waals surface area contributed by atoms with E-state index in [1.807, 2.05) is 12.1 Å². The van der Waals surface area contributed by atoms with E-state index in [1.54, 1.807) is 56.3 Å². The molecule has 1 heterocycles. The molecule has 0 radical (unpaired) electrons. The molecule has 6 nitrogen and oxygen atoms in total. The van der Waals surface area contributed by atoms with Crippen LogP contribution in [0.2, 0.25) is 5.02 Å². The molecule has 4 rings (SSSR count). The Labute approximate surface area is 222 Å². The minimum absolute atomic E-state index is 0.132. The van der Waals surface area contributed by atoms with Gasteiger partial charge >= 0.3 is 0 Å². The van der Waals surface area contributed by atoms with Crippen molar-refractivity contribution in [3.63, 3.8) is 0 Å². The molecule has 1 saturated heterocycles. The van der Waals surface area contributed by atoms with Crippen LogP contribution in [0.25, 0.3) is 0 Å². The van der Waals surface area contributed by atoms with Gasteiger partial charge in [0.1, 0.15) is 18.2 Å². The Kier molecular flexibility index (Phi) is 8.35. The van der Waals surface area contributed by atoms with E-state index >= 15 is 0 Å². The van der Waals surface area contributed by atoms with E-state index in [4.69, 9.17) is 21.6 Å². The number of hydrogen-bond donors (Lipinski definition) is 2. The van der Waals surface area contributed by atoms with Gasteiger partial charge in [0.05, 0.1) is 40.1 Å². The van der Waals surface area contributed by atoms with E-state index in [2.05, 4.69) is 15.9 Å². The van der Waals surface area contributed by atoms with Gasteiger partial charge in [-0.25, -0.2) is 4.39 Å². The highest BCUT2D eigenvalue weighted by molar-refractivity contribution is 6.33. The Hall–Kier alpha value is -3.15. The average molecular weight is 524 g/mol. The van der Waals surface area contributed by atoms with E-state index in [9.17, 15) is 14.6 Å². The summed E-state index contributed by atoms with van der Waals surface area (Å²) in [4.78, 5) is 4.39. The van der Waals surface area contributed by atoms with E-state index in [-0.39, 0.29) is 18.5 Å². The van der Waals surface area contributed by atoms with Crippen LogP contribution in [0.1, 0.15) is 36.6 Å². The molecule has 3 aromatic rings. The summed E-state index contributed by atoms with van der Waals surface area (Å²) in [6.45, 7) is 5.91. The molecule has 0 aliphatic carbocycles. The van der Waals surface area contributed by atoms with Crippen molar-refractivity contribution in [2.45, 2.75) is 31.6 Å². The molecule has 194 valence electrons. The number of β-amino-alcohol motifs (C(OH)–C–C–N with tert-alkyl or cyclic N) is 1. The smallest absolute Gasteiger partial charge is 0.123 e. The summed E-state index contributed by atoms with van der Waals surface area (Å²) in [6.07, 6.45) is -0.587. The van der Waals surface area contributed by atoms with Crippen molar-refractivity contribution in [1.29, 1.82) is 5.26 Å². The highest BCUT2D eigenvalue weighted by atomic mass is 35.5. The second-order valence-corrected chi connectivity index (χ2v) is 10.1. The third kappa shape index (κ3) is 6.60. The van der Waals surface area contributed by atoms with Crippen LogP contribution < -0.4 is 9.64 Å². The van der Waals surface area contributed by atoms with Crippen LogP contribution in [0.4, 0.5) is 10.1 Å². The fourth-order valence-corrected chi connectivity index (χ4v) is 4.98. The van der Waals surface area contributed by atoms with Gasteiger partial charge < -0.3 is 19.8 Å². The van der Waals surface area contributed by atoms with Gasteiger partial charge in [0.25, 0.3) is 0 Å². The lowest BCUT2D eigenvalue weighted by Crippen LogP contribution is -2.52. The molecular weight excluding hydrogens is 493 g/mol. The molecule has 1 fully saturated rings. The lowest BCUT2D eigenvalue weighted by molar-refractivity contribution is 0.0103. The predicted molar refractivity (Wildman–Crippen MR) is 142 cm³/mol. The van der Waals surface area contributed by atoms with Crippen LogP contribution in [-0.4, -0.2) is 54.0 Å². The minimum Gasteiger partial charge on any atom is -0.491 e. The largest absolute Gasteiger partial charge is 0.491 e. The molecule has 2 N–H and O–H groups in total. The van der Waals surface area contributed by atoms with Crippen molar-refractivity contribution in [2.24, 2.45) is 0 Å². The molecule has 0 unspecified atom stereocenters. The normalized spacial score (nSPS) is 18.6. The quantitative estimate of drug-likeness (QED) is 0.438. The monoisotopic (exact) mass is 523 g/mol. The number of nitriles is 1. The molecule has 37 heavy (non-hydrogen) atoms. The molecule has 3 aromatic carbocycles. The molecule has 1 aliphatic rings. The van der Waals surface area contributed by atoms with Gasteiger partial charge in [0.15, 0.2) is 0 Å². The Balaban J connectivity index is 1.57. The molecule has 3 atom stereocenters. The first-order chi connectivity index (χ1) is 17.7. The Morgan fingerprint density at radius 2 is 1.84 bits per heavy atom. The van der Waals surface area contributed by atoms with Crippen molar-refractivity contribution in [2.75, 3.05) is 37.7 Å². The summed E-state index contributed by atoms with van der Waals surface area (Å²) in [6, 6.07) is 20.9. The molecule has 8 heteroatoms. The van der Waals surface area contributed by atoms with Crippen LogP contribution in [0.15, 0.2) is 66.7 Å². The fourth-order valence-electron chi connectivity index (χ4n) is 4.70. The fraction of sp³-hybridized carbons (Fsp3) is 0.345. The first kappa shape index (κ1) is 26.9. The second kappa shape index (κ2) is 11.5. The van der Waals surface area contributed by atoms with Crippen molar-refractivity contribution in [3.05, 3.63) is 94.3 Å². The number of rotatable bonds is 8. The standard InChI is InChI=1S/C29H31ClFN3O3/c1-20(35)18-37-25-11-12-27(26(30)15-25)34-14-13-33(17-28(34)22-5-9-24(31)10-6-22)19-29(2,36)23-7-3-21(16-32)4-8-23/h3-12,15,20,28,35-36H,13-14,17-19H2,1-2H3/t20-,28-,29+/m0/s1. The predicted octanol–water partition coefficient (Wildman–Crippen LogP) is 4.88. The van der Waals surface area contributed by atoms with Crippen molar-refractivity contribution < 1.29 is 19.3 Å². The van der Waals surface area contributed by atoms with Crippen molar-refractivity contribution in [1.82, 2.24) is 4.90 Å². The zero-order valence-electron chi connectivity index (χ0n) is 20.9. The number of hydrogen-bond acceptors (Lipinski definition) is 6. The number of halogens is 2. The number of piperazine rings is 1. The third-order valence-corrected chi connectivity index (χ3v) is 6.91. The SMILES string of the molecule is C[C@H](O)COc1ccc(N2CCN(C[C@@](C)(O)c3ccc(C#N)cc3)C[C@H]2c2ccc(F)cc2)c(Cl)c1. The van der Waals surface area contributed by atoms with Crippen LogP contribution in [-0.2, 0) is 5.60 Å². The highest BCUT2D eigenvalue weighted by Crippen LogP contribution is 2.38. The lowest BCUT2D eigenvalue weighted by Gasteiger charge is -2.45. The number of benzene rings is 3. The molecule has 0 bridgehead atoms. The Morgan fingerprint density at radius 3 is 2.46 bits per heavy atom. The van der Waals surface area contributed by atoms with Gasteiger partial charge in [-0.15, -0.1) is 0 Å². The molecule has 0 aromatic heterocycles. The van der Waals surface area contributed by atoms with Crippen molar-refractivity contribution in [3.8, 4) is 11.8 Å². The van der Waals surface area contributed by atoms with Gasteiger partial charge in [-0.3, -0.25) is 4.90 Å². The van der Waals surface area contributed by atoms with Crippen LogP contribution in [0.5, 0.6) is 5.75 Å². The van der Waals surface area contributed by atoms with E-state index < -0.39 is 11.7 Å². The number of aliphatic hydroxyl groups is 2. The Morgan fingerprint density at radius 1 is 1.14 bits per heavy atom. The number of ether oxygens (including phenoxy) is 1. The van der Waals surface area contributed by atoms with Gasteiger partial charge in [-0.2, -0.15) is 5.26 Å². The maximum Gasteiger partial charge on any atom is 0.123 e. The third-order valence-electron chi connectivity index (χ3n) is 6.61. The zero-order chi connectivity index (χ0) is 26.6. The highest BCUT2D eigenvalue weighted by Gasteiger charge is 2.34. The first-order valence-electron chi connectivity index (χ1n) is 12.2. The maximum atomic E-state index is 13.7. The van der Waals surface area contributed by atoms with E-state index in [0.29, 0.717) is 42.5 Å². The summed E-state index contributed by atoms with van der Waals surface area (Å²) in [5.41, 5.74) is 1.93.